The number of rotatable bonds is 2. The van der Waals surface area contributed by atoms with Crippen molar-refractivity contribution in [2.24, 2.45) is 0 Å². The zero-order valence-corrected chi connectivity index (χ0v) is 6.97. The second-order valence-corrected chi connectivity index (χ2v) is 2.23. The van der Waals surface area contributed by atoms with Crippen LogP contribution in [0.5, 0.6) is 0 Å². The van der Waals surface area contributed by atoms with E-state index in [1.54, 1.807) is 14.1 Å². The van der Waals surface area contributed by atoms with Crippen LogP contribution in [0.4, 0.5) is 4.79 Å². The van der Waals surface area contributed by atoms with Crippen molar-refractivity contribution in [3.05, 3.63) is 0 Å². The summed E-state index contributed by atoms with van der Waals surface area (Å²) in [4.78, 5) is 22.8. The Morgan fingerprint density at radius 3 is 2.27 bits per heavy atom. The van der Waals surface area contributed by atoms with E-state index in [2.05, 4.69) is 10.6 Å². The molecular formula is C6H13N3O2. The molecule has 0 aliphatic heterocycles. The van der Waals surface area contributed by atoms with Crippen LogP contribution in [0.1, 0.15) is 0 Å². The summed E-state index contributed by atoms with van der Waals surface area (Å²) in [6, 6.07) is -0.270. The van der Waals surface area contributed by atoms with Gasteiger partial charge >= 0.3 is 6.03 Å². The van der Waals surface area contributed by atoms with E-state index in [-0.39, 0.29) is 18.5 Å². The molecule has 0 saturated heterocycles. The van der Waals surface area contributed by atoms with Gasteiger partial charge < -0.3 is 15.5 Å². The van der Waals surface area contributed by atoms with E-state index < -0.39 is 0 Å². The molecule has 0 aromatic carbocycles. The predicted molar refractivity (Wildman–Crippen MR) is 41.2 cm³/mol. The van der Waals surface area contributed by atoms with Gasteiger partial charge in [0.25, 0.3) is 0 Å². The lowest BCUT2D eigenvalue weighted by Gasteiger charge is -2.10. The van der Waals surface area contributed by atoms with Gasteiger partial charge in [0, 0.05) is 21.1 Å². The number of hydrogen-bond acceptors (Lipinski definition) is 2. The first kappa shape index (κ1) is 9.74. The smallest absolute Gasteiger partial charge is 0.317 e. The third-order valence-electron chi connectivity index (χ3n) is 1.09. The molecule has 3 amide bonds. The quantitative estimate of drug-likeness (QED) is 0.543. The van der Waals surface area contributed by atoms with Crippen molar-refractivity contribution in [3.63, 3.8) is 0 Å². The van der Waals surface area contributed by atoms with E-state index >= 15 is 0 Å². The molecule has 0 atom stereocenters. The minimum absolute atomic E-state index is 0.0213. The van der Waals surface area contributed by atoms with Gasteiger partial charge in [-0.3, -0.25) is 4.79 Å². The van der Waals surface area contributed by atoms with Crippen LogP contribution in [-0.2, 0) is 4.79 Å². The highest BCUT2D eigenvalue weighted by Crippen LogP contribution is 1.74. The second-order valence-electron chi connectivity index (χ2n) is 2.23. The van der Waals surface area contributed by atoms with Crippen LogP contribution in [0.15, 0.2) is 0 Å². The standard InChI is InChI=1S/C6H13N3O2/c1-7-5(10)4-8-6(11)9(2)3/h4H2,1-3H3,(H,7,10)(H,8,11). The minimum atomic E-state index is -0.270. The third kappa shape index (κ3) is 4.19. The van der Waals surface area contributed by atoms with Gasteiger partial charge in [0.2, 0.25) is 5.91 Å². The average Bonchev–Trinajstić information content (AvgIpc) is 1.99. The lowest BCUT2D eigenvalue weighted by atomic mass is 10.6. The van der Waals surface area contributed by atoms with Crippen molar-refractivity contribution >= 4 is 11.9 Å². The fourth-order valence-electron chi connectivity index (χ4n) is 0.402. The first-order valence-electron chi connectivity index (χ1n) is 3.23. The van der Waals surface area contributed by atoms with Crippen molar-refractivity contribution in [1.29, 1.82) is 0 Å². The molecule has 64 valence electrons. The fraction of sp³-hybridized carbons (Fsp3) is 0.667. The zero-order chi connectivity index (χ0) is 8.85. The highest BCUT2D eigenvalue weighted by molar-refractivity contribution is 5.83. The lowest BCUT2D eigenvalue weighted by Crippen LogP contribution is -2.40. The van der Waals surface area contributed by atoms with Gasteiger partial charge in [0.1, 0.15) is 0 Å². The van der Waals surface area contributed by atoms with Crippen LogP contribution in [0.2, 0.25) is 0 Å². The van der Waals surface area contributed by atoms with Gasteiger partial charge in [-0.2, -0.15) is 0 Å². The maximum atomic E-state index is 10.8. The molecule has 0 unspecified atom stereocenters. The fourth-order valence-corrected chi connectivity index (χ4v) is 0.402. The van der Waals surface area contributed by atoms with E-state index in [9.17, 15) is 9.59 Å². The van der Waals surface area contributed by atoms with Gasteiger partial charge in [-0.1, -0.05) is 0 Å². The summed E-state index contributed by atoms with van der Waals surface area (Å²) in [5, 5.41) is 4.79. The summed E-state index contributed by atoms with van der Waals surface area (Å²) >= 11 is 0. The summed E-state index contributed by atoms with van der Waals surface area (Å²) in [7, 11) is 4.74. The number of nitrogens with one attached hydrogen (secondary N) is 2. The van der Waals surface area contributed by atoms with Gasteiger partial charge in [-0.05, 0) is 0 Å². The van der Waals surface area contributed by atoms with Crippen molar-refractivity contribution in [2.45, 2.75) is 0 Å². The number of carbonyl (C=O) groups is 2. The highest BCUT2D eigenvalue weighted by Gasteiger charge is 2.03. The van der Waals surface area contributed by atoms with Gasteiger partial charge in [-0.15, -0.1) is 0 Å². The van der Waals surface area contributed by atoms with Crippen LogP contribution in [0.25, 0.3) is 0 Å². The van der Waals surface area contributed by atoms with Crippen molar-refractivity contribution in [3.8, 4) is 0 Å². The van der Waals surface area contributed by atoms with E-state index in [0.717, 1.165) is 0 Å². The Bertz CT molecular complexity index is 156. The number of hydrogen-bond donors (Lipinski definition) is 2. The monoisotopic (exact) mass is 159 g/mol. The van der Waals surface area contributed by atoms with E-state index in [0.29, 0.717) is 0 Å². The first-order chi connectivity index (χ1) is 5.07. The number of urea groups is 1. The average molecular weight is 159 g/mol. The highest BCUT2D eigenvalue weighted by atomic mass is 16.2. The molecule has 11 heavy (non-hydrogen) atoms. The van der Waals surface area contributed by atoms with E-state index in [1.165, 1.54) is 11.9 Å². The number of nitrogens with zero attached hydrogens (tertiary/aromatic N) is 1. The SMILES string of the molecule is CNC(=O)CNC(=O)N(C)C. The van der Waals surface area contributed by atoms with Crippen LogP contribution in [0.3, 0.4) is 0 Å². The van der Waals surface area contributed by atoms with E-state index in [4.69, 9.17) is 0 Å². The normalized spacial score (nSPS) is 8.64. The Labute approximate surface area is 65.7 Å². The minimum Gasteiger partial charge on any atom is -0.358 e. The largest absolute Gasteiger partial charge is 0.358 e. The maximum absolute atomic E-state index is 10.8. The molecule has 0 bridgehead atoms. The van der Waals surface area contributed by atoms with Gasteiger partial charge in [-0.25, -0.2) is 4.79 Å². The Morgan fingerprint density at radius 2 is 1.91 bits per heavy atom. The third-order valence-corrected chi connectivity index (χ3v) is 1.09. The molecule has 0 rings (SSSR count). The summed E-state index contributed by atoms with van der Waals surface area (Å²) in [5.74, 6) is -0.208. The van der Waals surface area contributed by atoms with Gasteiger partial charge in [0.05, 0.1) is 6.54 Å². The van der Waals surface area contributed by atoms with Crippen LogP contribution >= 0.6 is 0 Å². The van der Waals surface area contributed by atoms with Crippen LogP contribution < -0.4 is 10.6 Å². The Morgan fingerprint density at radius 1 is 1.36 bits per heavy atom. The van der Waals surface area contributed by atoms with Crippen molar-refractivity contribution in [1.82, 2.24) is 15.5 Å². The predicted octanol–water partition coefficient (Wildman–Crippen LogP) is -0.996. The Hall–Kier alpha value is -1.26. The molecule has 0 aliphatic rings. The molecule has 0 fully saturated rings. The Balaban J connectivity index is 3.54. The summed E-state index contributed by atoms with van der Waals surface area (Å²) < 4.78 is 0. The van der Waals surface area contributed by atoms with Crippen LogP contribution in [-0.4, -0.2) is 44.5 Å². The van der Waals surface area contributed by atoms with Gasteiger partial charge in [0.15, 0.2) is 0 Å². The molecule has 5 heteroatoms. The van der Waals surface area contributed by atoms with Crippen molar-refractivity contribution in [2.75, 3.05) is 27.7 Å². The molecule has 0 saturated carbocycles. The summed E-state index contributed by atoms with van der Waals surface area (Å²) in [6.07, 6.45) is 0. The van der Waals surface area contributed by atoms with Crippen LogP contribution in [0, 0.1) is 0 Å². The molecule has 0 aromatic heterocycles. The maximum Gasteiger partial charge on any atom is 0.317 e. The number of likely N-dealkylation sites (N-methyl/N-ethyl adjacent to an activating group) is 1. The number of carbonyl (C=O) groups excluding carboxylic acids is 2. The molecular weight excluding hydrogens is 146 g/mol. The molecule has 0 aromatic rings. The lowest BCUT2D eigenvalue weighted by molar-refractivity contribution is -0.119. The van der Waals surface area contributed by atoms with E-state index in [1.807, 2.05) is 0 Å². The number of amides is 3. The first-order valence-corrected chi connectivity index (χ1v) is 3.23. The molecule has 2 N–H and O–H groups in total. The molecule has 0 radical (unpaired) electrons. The summed E-state index contributed by atoms with van der Waals surface area (Å²) in [6.45, 7) is 0.0213. The molecule has 0 aliphatic carbocycles. The molecule has 0 spiro atoms. The van der Waals surface area contributed by atoms with Crippen molar-refractivity contribution < 1.29 is 9.59 Å². The Kier molecular flexibility index (Phi) is 4.02. The molecule has 0 heterocycles. The summed E-state index contributed by atoms with van der Waals surface area (Å²) in [5.41, 5.74) is 0. The zero-order valence-electron chi connectivity index (χ0n) is 6.97. The topological polar surface area (TPSA) is 61.4 Å². The second kappa shape index (κ2) is 4.54. The molecule has 5 nitrogen and oxygen atoms in total.